The summed E-state index contributed by atoms with van der Waals surface area (Å²) in [7, 11) is 0. The van der Waals surface area contributed by atoms with Crippen molar-refractivity contribution in [2.75, 3.05) is 11.5 Å². The lowest BCUT2D eigenvalue weighted by atomic mass is 10.1. The number of nitrogens with one attached hydrogen (secondary N) is 1. The average Bonchev–Trinajstić information content (AvgIpc) is 2.38. The Bertz CT molecular complexity index is 422. The van der Waals surface area contributed by atoms with Gasteiger partial charge in [0.1, 0.15) is 0 Å². The summed E-state index contributed by atoms with van der Waals surface area (Å²) in [4.78, 5) is 0. The molecule has 2 rings (SSSR count). The van der Waals surface area contributed by atoms with Crippen LogP contribution in [0.2, 0.25) is 5.02 Å². The van der Waals surface area contributed by atoms with E-state index in [9.17, 15) is 0 Å². The van der Waals surface area contributed by atoms with E-state index in [-0.39, 0.29) is 0 Å². The SMILES string of the molecule is N#Cc1ccc(CNC2CCCSC2)c(Cl)c1. The predicted octanol–water partition coefficient (Wildman–Crippen LogP) is 3.20. The molecular formula is C13H15ClN2S. The molecule has 1 fully saturated rings. The first-order chi connectivity index (χ1) is 8.29. The molecule has 0 bridgehead atoms. The molecule has 1 N–H and O–H groups in total. The Hall–Kier alpha value is -0.690. The molecule has 1 saturated heterocycles. The second-order valence-electron chi connectivity index (χ2n) is 4.21. The summed E-state index contributed by atoms with van der Waals surface area (Å²) in [5.41, 5.74) is 1.69. The molecule has 90 valence electrons. The van der Waals surface area contributed by atoms with E-state index in [1.54, 1.807) is 6.07 Å². The van der Waals surface area contributed by atoms with E-state index in [0.29, 0.717) is 16.6 Å². The van der Waals surface area contributed by atoms with Crippen molar-refractivity contribution >= 4 is 23.4 Å². The highest BCUT2D eigenvalue weighted by Gasteiger charge is 2.13. The number of nitrogens with zero attached hydrogens (tertiary/aromatic N) is 1. The van der Waals surface area contributed by atoms with Gasteiger partial charge in [0, 0.05) is 23.4 Å². The Morgan fingerprint density at radius 2 is 2.41 bits per heavy atom. The van der Waals surface area contributed by atoms with Gasteiger partial charge in [-0.1, -0.05) is 17.7 Å². The van der Waals surface area contributed by atoms with Crippen LogP contribution < -0.4 is 5.32 Å². The second kappa shape index (κ2) is 6.30. The maximum absolute atomic E-state index is 8.76. The topological polar surface area (TPSA) is 35.8 Å². The van der Waals surface area contributed by atoms with Gasteiger partial charge in [0.25, 0.3) is 0 Å². The van der Waals surface area contributed by atoms with E-state index in [1.807, 2.05) is 23.9 Å². The van der Waals surface area contributed by atoms with Gasteiger partial charge in [0.2, 0.25) is 0 Å². The molecule has 1 aliphatic heterocycles. The highest BCUT2D eigenvalue weighted by Crippen LogP contribution is 2.20. The zero-order chi connectivity index (χ0) is 12.1. The minimum atomic E-state index is 0.598. The Balaban J connectivity index is 1.92. The van der Waals surface area contributed by atoms with Crippen molar-refractivity contribution in [1.82, 2.24) is 5.32 Å². The predicted molar refractivity (Wildman–Crippen MR) is 73.4 cm³/mol. The third kappa shape index (κ3) is 3.64. The molecule has 17 heavy (non-hydrogen) atoms. The fraction of sp³-hybridized carbons (Fsp3) is 0.462. The van der Waals surface area contributed by atoms with Gasteiger partial charge < -0.3 is 5.32 Å². The van der Waals surface area contributed by atoms with Crippen molar-refractivity contribution < 1.29 is 0 Å². The van der Waals surface area contributed by atoms with E-state index in [1.165, 1.54) is 24.3 Å². The maximum atomic E-state index is 8.76. The van der Waals surface area contributed by atoms with Gasteiger partial charge in [-0.15, -0.1) is 0 Å². The first-order valence-electron chi connectivity index (χ1n) is 5.79. The molecule has 0 aliphatic carbocycles. The Morgan fingerprint density at radius 1 is 1.53 bits per heavy atom. The average molecular weight is 267 g/mol. The standard InChI is InChI=1S/C13H15ClN2S/c14-13-6-10(7-15)3-4-11(13)8-16-12-2-1-5-17-9-12/h3-4,6,12,16H,1-2,5,8-9H2. The number of thioether (sulfide) groups is 1. The van der Waals surface area contributed by atoms with Crippen LogP contribution in [0.4, 0.5) is 0 Å². The van der Waals surface area contributed by atoms with Gasteiger partial charge in [0.05, 0.1) is 11.6 Å². The van der Waals surface area contributed by atoms with Crippen LogP contribution in [0.25, 0.3) is 0 Å². The number of hydrogen-bond donors (Lipinski definition) is 1. The Labute approximate surface area is 111 Å². The van der Waals surface area contributed by atoms with Crippen molar-refractivity contribution in [2.24, 2.45) is 0 Å². The summed E-state index contributed by atoms with van der Waals surface area (Å²) < 4.78 is 0. The van der Waals surface area contributed by atoms with Crippen LogP contribution in [-0.2, 0) is 6.54 Å². The summed E-state index contributed by atoms with van der Waals surface area (Å²) in [6.45, 7) is 0.787. The molecular weight excluding hydrogens is 252 g/mol. The van der Waals surface area contributed by atoms with Crippen LogP contribution in [0.3, 0.4) is 0 Å². The minimum Gasteiger partial charge on any atom is -0.309 e. The molecule has 0 radical (unpaired) electrons. The molecule has 0 saturated carbocycles. The molecule has 1 aromatic rings. The summed E-state index contributed by atoms with van der Waals surface area (Å²) in [5.74, 6) is 2.48. The van der Waals surface area contributed by atoms with Crippen molar-refractivity contribution in [3.05, 3.63) is 34.3 Å². The third-order valence-corrected chi connectivity index (χ3v) is 4.49. The van der Waals surface area contributed by atoms with E-state index < -0.39 is 0 Å². The van der Waals surface area contributed by atoms with Gasteiger partial charge in [0.15, 0.2) is 0 Å². The minimum absolute atomic E-state index is 0.598. The normalized spacial score (nSPS) is 19.9. The zero-order valence-corrected chi connectivity index (χ0v) is 11.2. The third-order valence-electron chi connectivity index (χ3n) is 2.92. The zero-order valence-electron chi connectivity index (χ0n) is 9.58. The maximum Gasteiger partial charge on any atom is 0.0992 e. The Kier molecular flexibility index (Phi) is 4.73. The molecule has 0 spiro atoms. The van der Waals surface area contributed by atoms with Crippen molar-refractivity contribution in [2.45, 2.75) is 25.4 Å². The molecule has 1 unspecified atom stereocenters. The smallest absolute Gasteiger partial charge is 0.0992 e. The fourth-order valence-electron chi connectivity index (χ4n) is 1.92. The molecule has 1 atom stereocenters. The number of benzene rings is 1. The van der Waals surface area contributed by atoms with Gasteiger partial charge in [-0.05, 0) is 36.3 Å². The number of nitriles is 1. The lowest BCUT2D eigenvalue weighted by Gasteiger charge is -2.22. The second-order valence-corrected chi connectivity index (χ2v) is 5.77. The van der Waals surface area contributed by atoms with E-state index in [2.05, 4.69) is 11.4 Å². The largest absolute Gasteiger partial charge is 0.309 e. The van der Waals surface area contributed by atoms with Gasteiger partial charge in [-0.2, -0.15) is 17.0 Å². The molecule has 0 aromatic heterocycles. The van der Waals surface area contributed by atoms with Crippen LogP contribution in [-0.4, -0.2) is 17.5 Å². The van der Waals surface area contributed by atoms with Crippen LogP contribution in [0, 0.1) is 11.3 Å². The molecule has 0 amide bonds. The van der Waals surface area contributed by atoms with Gasteiger partial charge >= 0.3 is 0 Å². The summed E-state index contributed by atoms with van der Waals surface area (Å²) >= 11 is 8.14. The Morgan fingerprint density at radius 3 is 3.06 bits per heavy atom. The fourth-order valence-corrected chi connectivity index (χ4v) is 3.27. The lowest BCUT2D eigenvalue weighted by molar-refractivity contribution is 0.508. The number of hydrogen-bond acceptors (Lipinski definition) is 3. The van der Waals surface area contributed by atoms with E-state index in [0.717, 1.165) is 12.1 Å². The molecule has 1 aromatic carbocycles. The van der Waals surface area contributed by atoms with Gasteiger partial charge in [-0.25, -0.2) is 0 Å². The van der Waals surface area contributed by atoms with Crippen LogP contribution >= 0.6 is 23.4 Å². The number of rotatable bonds is 3. The highest BCUT2D eigenvalue weighted by molar-refractivity contribution is 7.99. The van der Waals surface area contributed by atoms with E-state index >= 15 is 0 Å². The lowest BCUT2D eigenvalue weighted by Crippen LogP contribution is -2.33. The van der Waals surface area contributed by atoms with Crippen LogP contribution in [0.1, 0.15) is 24.0 Å². The number of halogens is 1. The molecule has 1 aliphatic rings. The van der Waals surface area contributed by atoms with Gasteiger partial charge in [-0.3, -0.25) is 0 Å². The summed E-state index contributed by atoms with van der Waals surface area (Å²) in [6.07, 6.45) is 2.55. The van der Waals surface area contributed by atoms with Crippen LogP contribution in [0.15, 0.2) is 18.2 Å². The molecule has 1 heterocycles. The summed E-state index contributed by atoms with van der Waals surface area (Å²) in [6, 6.07) is 8.17. The molecule has 2 nitrogen and oxygen atoms in total. The first kappa shape index (κ1) is 12.8. The van der Waals surface area contributed by atoms with Crippen LogP contribution in [0.5, 0.6) is 0 Å². The quantitative estimate of drug-likeness (QED) is 0.913. The molecule has 4 heteroatoms. The van der Waals surface area contributed by atoms with E-state index in [4.69, 9.17) is 16.9 Å². The first-order valence-corrected chi connectivity index (χ1v) is 7.32. The van der Waals surface area contributed by atoms with Crippen molar-refractivity contribution in [3.8, 4) is 6.07 Å². The monoisotopic (exact) mass is 266 g/mol. The van der Waals surface area contributed by atoms with Crippen molar-refractivity contribution in [1.29, 1.82) is 5.26 Å². The highest BCUT2D eigenvalue weighted by atomic mass is 35.5. The van der Waals surface area contributed by atoms with Crippen molar-refractivity contribution in [3.63, 3.8) is 0 Å². The summed E-state index contributed by atoms with van der Waals surface area (Å²) in [5, 5.41) is 13.0.